The first-order valence-corrected chi connectivity index (χ1v) is 14.1. The summed E-state index contributed by atoms with van der Waals surface area (Å²) in [5, 5.41) is 36.4. The molecule has 4 aliphatic carbocycles. The van der Waals surface area contributed by atoms with Crippen molar-refractivity contribution in [3.63, 3.8) is 0 Å². The van der Waals surface area contributed by atoms with Crippen LogP contribution in [0.15, 0.2) is 0 Å². The second-order valence-electron chi connectivity index (χ2n) is 12.9. The summed E-state index contributed by atoms with van der Waals surface area (Å²) in [4.78, 5) is 12.3. The van der Waals surface area contributed by atoms with Crippen LogP contribution in [0.4, 0.5) is 0 Å². The first-order chi connectivity index (χ1) is 16.1. The van der Waals surface area contributed by atoms with Crippen LogP contribution >= 0.6 is 0 Å². The van der Waals surface area contributed by atoms with E-state index in [9.17, 15) is 20.1 Å². The van der Waals surface area contributed by atoms with Crippen LogP contribution in [0.1, 0.15) is 91.4 Å². The molecule has 0 spiro atoms. The Labute approximate surface area is 206 Å². The minimum absolute atomic E-state index is 0.108. The van der Waals surface area contributed by atoms with E-state index in [4.69, 9.17) is 5.73 Å². The molecule has 4 aliphatic rings. The van der Waals surface area contributed by atoms with Crippen LogP contribution < -0.4 is 11.1 Å². The largest absolute Gasteiger partial charge is 0.393 e. The molecule has 1 amide bonds. The number of nitrogens with one attached hydrogen (secondary N) is 1. The number of fused-ring (bicyclic) bond motifs is 5. The fourth-order valence-electron chi connectivity index (χ4n) is 9.28. The first kappa shape index (κ1) is 26.4. The molecule has 6 unspecified atom stereocenters. The molecule has 0 radical (unpaired) electrons. The zero-order chi connectivity index (χ0) is 24.7. The van der Waals surface area contributed by atoms with Gasteiger partial charge >= 0.3 is 0 Å². The standard InChI is InChI=1S/C28H50N2O4/c1-17(6-9-25(34)30-13-5-4-12-29)20-7-8-21-26-22(16-24(33)28(20,21)3)27(2)11-10-19(31)14-18(27)15-23(26)32/h17-24,26,31-33H,4-16,29H2,1-3H3,(H,30,34)/t17?,18-,19+,20?,21-,22?,23-,24?,26-,27?,28?/m0/s1. The van der Waals surface area contributed by atoms with Gasteiger partial charge in [-0.15, -0.1) is 0 Å². The Morgan fingerprint density at radius 3 is 2.56 bits per heavy atom. The van der Waals surface area contributed by atoms with Gasteiger partial charge in [-0.2, -0.15) is 0 Å². The fourth-order valence-corrected chi connectivity index (χ4v) is 9.28. The van der Waals surface area contributed by atoms with E-state index < -0.39 is 0 Å². The number of hydrogen-bond donors (Lipinski definition) is 5. The third-order valence-corrected chi connectivity index (χ3v) is 11.3. The topological polar surface area (TPSA) is 116 Å². The van der Waals surface area contributed by atoms with Crippen molar-refractivity contribution in [3.8, 4) is 0 Å². The van der Waals surface area contributed by atoms with Crippen LogP contribution in [0.25, 0.3) is 0 Å². The van der Waals surface area contributed by atoms with Gasteiger partial charge in [0.05, 0.1) is 18.3 Å². The molecule has 0 bridgehead atoms. The molecule has 4 saturated carbocycles. The average Bonchev–Trinajstić information content (AvgIpc) is 3.15. The molecule has 6 N–H and O–H groups in total. The first-order valence-electron chi connectivity index (χ1n) is 14.1. The smallest absolute Gasteiger partial charge is 0.220 e. The predicted molar refractivity (Wildman–Crippen MR) is 134 cm³/mol. The van der Waals surface area contributed by atoms with Gasteiger partial charge in [0.2, 0.25) is 5.91 Å². The quantitative estimate of drug-likeness (QED) is 0.344. The number of carbonyl (C=O) groups excluding carboxylic acids is 1. The molecule has 11 atom stereocenters. The highest BCUT2D eigenvalue weighted by Crippen LogP contribution is 2.68. The summed E-state index contributed by atoms with van der Waals surface area (Å²) in [6.45, 7) is 8.28. The molecular weight excluding hydrogens is 428 g/mol. The molecule has 0 aromatic rings. The van der Waals surface area contributed by atoms with Crippen molar-refractivity contribution in [2.75, 3.05) is 13.1 Å². The Morgan fingerprint density at radius 2 is 1.82 bits per heavy atom. The Morgan fingerprint density at radius 1 is 1.06 bits per heavy atom. The van der Waals surface area contributed by atoms with Crippen molar-refractivity contribution in [2.45, 2.75) is 110 Å². The van der Waals surface area contributed by atoms with E-state index in [1.165, 1.54) is 0 Å². The number of hydrogen-bond acceptors (Lipinski definition) is 5. The summed E-state index contributed by atoms with van der Waals surface area (Å²) in [6, 6.07) is 0. The van der Waals surface area contributed by atoms with E-state index in [0.717, 1.165) is 64.2 Å². The van der Waals surface area contributed by atoms with Gasteiger partial charge in [0.25, 0.3) is 0 Å². The zero-order valence-electron chi connectivity index (χ0n) is 21.7. The molecule has 4 rings (SSSR count). The molecule has 0 aromatic heterocycles. The SMILES string of the molecule is CC(CCC(=O)NCCCCN)C1CC[C@H]2[C@H]3C(CC(O)C12C)C1(C)CC[C@@H](O)C[C@H]1C[C@@H]3O. The van der Waals surface area contributed by atoms with E-state index in [-0.39, 0.29) is 41.0 Å². The minimum Gasteiger partial charge on any atom is -0.393 e. The third kappa shape index (κ3) is 4.57. The van der Waals surface area contributed by atoms with Gasteiger partial charge in [-0.05, 0) is 117 Å². The third-order valence-electron chi connectivity index (χ3n) is 11.3. The summed E-state index contributed by atoms with van der Waals surface area (Å²) in [6.07, 6.45) is 8.64. The number of nitrogens with two attached hydrogens (primary N) is 1. The van der Waals surface area contributed by atoms with E-state index in [0.29, 0.717) is 49.1 Å². The molecule has 196 valence electrons. The van der Waals surface area contributed by atoms with Crippen LogP contribution in [0.5, 0.6) is 0 Å². The Kier molecular flexibility index (Phi) is 8.03. The predicted octanol–water partition coefficient (Wildman–Crippen LogP) is 3.22. The molecule has 4 fully saturated rings. The number of aliphatic hydroxyl groups is 3. The van der Waals surface area contributed by atoms with E-state index in [2.05, 4.69) is 26.1 Å². The Balaban J connectivity index is 1.43. The second-order valence-corrected chi connectivity index (χ2v) is 12.9. The lowest BCUT2D eigenvalue weighted by Crippen LogP contribution is -2.62. The molecule has 6 nitrogen and oxygen atoms in total. The van der Waals surface area contributed by atoms with Crippen molar-refractivity contribution < 1.29 is 20.1 Å². The van der Waals surface area contributed by atoms with Crippen LogP contribution in [0, 0.1) is 46.3 Å². The minimum atomic E-state index is -0.367. The lowest BCUT2D eigenvalue weighted by atomic mass is 9.43. The normalized spacial score (nSPS) is 46.8. The van der Waals surface area contributed by atoms with Crippen molar-refractivity contribution in [3.05, 3.63) is 0 Å². The fraction of sp³-hybridized carbons (Fsp3) is 0.964. The maximum Gasteiger partial charge on any atom is 0.220 e. The Bertz CT molecular complexity index is 719. The summed E-state index contributed by atoms with van der Waals surface area (Å²) in [5.41, 5.74) is 5.44. The highest BCUT2D eigenvalue weighted by molar-refractivity contribution is 5.75. The molecule has 34 heavy (non-hydrogen) atoms. The van der Waals surface area contributed by atoms with Crippen molar-refractivity contribution in [1.82, 2.24) is 5.32 Å². The van der Waals surface area contributed by atoms with Crippen molar-refractivity contribution >= 4 is 5.91 Å². The van der Waals surface area contributed by atoms with Crippen molar-refractivity contribution in [2.24, 2.45) is 52.1 Å². The summed E-state index contributed by atoms with van der Waals surface area (Å²) >= 11 is 0. The van der Waals surface area contributed by atoms with E-state index in [1.807, 2.05) is 0 Å². The van der Waals surface area contributed by atoms with Crippen LogP contribution in [-0.4, -0.2) is 52.6 Å². The number of aliphatic hydroxyl groups excluding tert-OH is 3. The highest BCUT2D eigenvalue weighted by atomic mass is 16.3. The average molecular weight is 479 g/mol. The van der Waals surface area contributed by atoms with Gasteiger partial charge in [0.15, 0.2) is 0 Å². The molecule has 0 aromatic carbocycles. The van der Waals surface area contributed by atoms with Gasteiger partial charge in [-0.3, -0.25) is 4.79 Å². The van der Waals surface area contributed by atoms with Gasteiger partial charge in [0, 0.05) is 13.0 Å². The van der Waals surface area contributed by atoms with Crippen LogP contribution in [0.3, 0.4) is 0 Å². The lowest BCUT2D eigenvalue weighted by molar-refractivity contribution is -0.207. The number of amides is 1. The second kappa shape index (κ2) is 10.4. The van der Waals surface area contributed by atoms with Crippen molar-refractivity contribution in [1.29, 1.82) is 0 Å². The van der Waals surface area contributed by atoms with Gasteiger partial charge in [0.1, 0.15) is 0 Å². The highest BCUT2D eigenvalue weighted by Gasteiger charge is 2.65. The lowest BCUT2D eigenvalue weighted by Gasteiger charge is -2.63. The summed E-state index contributed by atoms with van der Waals surface area (Å²) in [7, 11) is 0. The molecule has 0 heterocycles. The molecule has 0 saturated heterocycles. The number of unbranched alkanes of at least 4 members (excludes halogenated alkanes) is 1. The monoisotopic (exact) mass is 478 g/mol. The molecular formula is C28H50N2O4. The van der Waals surface area contributed by atoms with Crippen LogP contribution in [0.2, 0.25) is 0 Å². The maximum atomic E-state index is 12.3. The number of carbonyl (C=O) groups is 1. The van der Waals surface area contributed by atoms with Gasteiger partial charge in [-0.25, -0.2) is 0 Å². The maximum absolute atomic E-state index is 12.3. The summed E-state index contributed by atoms with van der Waals surface area (Å²) < 4.78 is 0. The summed E-state index contributed by atoms with van der Waals surface area (Å²) in [5.74, 6) is 2.12. The Hall–Kier alpha value is -0.690. The van der Waals surface area contributed by atoms with Gasteiger partial charge in [-0.1, -0.05) is 20.8 Å². The van der Waals surface area contributed by atoms with Gasteiger partial charge < -0.3 is 26.4 Å². The van der Waals surface area contributed by atoms with E-state index >= 15 is 0 Å². The van der Waals surface area contributed by atoms with E-state index in [1.54, 1.807) is 0 Å². The molecule has 6 heteroatoms. The zero-order valence-corrected chi connectivity index (χ0v) is 21.7. The molecule has 0 aliphatic heterocycles. The number of rotatable bonds is 8. The van der Waals surface area contributed by atoms with Crippen LogP contribution in [-0.2, 0) is 4.79 Å².